The van der Waals surface area contributed by atoms with Gasteiger partial charge in [-0.2, -0.15) is 0 Å². The lowest BCUT2D eigenvalue weighted by atomic mass is 10.2. The molecule has 0 saturated heterocycles. The number of carbonyl (C=O) groups excluding carboxylic acids is 1. The van der Waals surface area contributed by atoms with E-state index in [9.17, 15) is 4.79 Å². The smallest absolute Gasteiger partial charge is 0.258 e. The predicted octanol–water partition coefficient (Wildman–Crippen LogP) is 3.04. The number of aromatic nitrogens is 2. The number of carbonyl (C=O) groups is 1. The van der Waals surface area contributed by atoms with Crippen LogP contribution in [0.25, 0.3) is 0 Å². The molecule has 0 radical (unpaired) electrons. The molecule has 2 aromatic rings. The van der Waals surface area contributed by atoms with Gasteiger partial charge in [-0.25, -0.2) is 4.98 Å². The molecule has 0 aromatic carbocycles. The second-order valence-corrected chi connectivity index (χ2v) is 3.96. The van der Waals surface area contributed by atoms with Crippen LogP contribution >= 0.6 is 23.2 Å². The van der Waals surface area contributed by atoms with Crippen LogP contribution in [0.1, 0.15) is 10.4 Å². The molecule has 2 heterocycles. The third-order valence-electron chi connectivity index (χ3n) is 2.01. The van der Waals surface area contributed by atoms with E-state index in [1.165, 1.54) is 24.7 Å². The number of nitrogens with zero attached hydrogens (tertiary/aromatic N) is 2. The molecule has 0 spiro atoms. The summed E-state index contributed by atoms with van der Waals surface area (Å²) in [6.45, 7) is 0. The molecule has 6 heteroatoms. The molecule has 0 aliphatic heterocycles. The maximum atomic E-state index is 11.9. The first kappa shape index (κ1) is 11.8. The molecule has 0 fully saturated rings. The second kappa shape index (κ2) is 5.12. The Balaban J connectivity index is 2.24. The zero-order valence-electron chi connectivity index (χ0n) is 8.52. The molecule has 2 rings (SSSR count). The standard InChI is InChI=1S/C11H7Cl2N3O/c12-8-2-1-4-15-10(8)16-11(17)7-3-5-14-6-9(7)13/h1-6H,(H,15,16,17). The summed E-state index contributed by atoms with van der Waals surface area (Å²) < 4.78 is 0. The molecule has 0 bridgehead atoms. The topological polar surface area (TPSA) is 54.9 Å². The van der Waals surface area contributed by atoms with E-state index in [-0.39, 0.29) is 10.9 Å². The van der Waals surface area contributed by atoms with Crippen molar-refractivity contribution in [2.45, 2.75) is 0 Å². The minimum absolute atomic E-state index is 0.275. The second-order valence-electron chi connectivity index (χ2n) is 3.14. The molecule has 0 aliphatic carbocycles. The van der Waals surface area contributed by atoms with Gasteiger partial charge >= 0.3 is 0 Å². The molecule has 1 amide bonds. The predicted molar refractivity (Wildman–Crippen MR) is 66.4 cm³/mol. The van der Waals surface area contributed by atoms with Gasteiger partial charge in [-0.15, -0.1) is 0 Å². The number of hydrogen-bond acceptors (Lipinski definition) is 3. The molecule has 86 valence electrons. The van der Waals surface area contributed by atoms with Gasteiger partial charge in [0.05, 0.1) is 15.6 Å². The third kappa shape index (κ3) is 2.72. The van der Waals surface area contributed by atoms with Crippen LogP contribution < -0.4 is 5.32 Å². The molecule has 0 saturated carbocycles. The molecular formula is C11H7Cl2N3O. The van der Waals surface area contributed by atoms with Crippen LogP contribution in [0.4, 0.5) is 5.82 Å². The lowest BCUT2D eigenvalue weighted by Gasteiger charge is -2.06. The van der Waals surface area contributed by atoms with E-state index in [0.717, 1.165) is 0 Å². The molecule has 4 nitrogen and oxygen atoms in total. The molecule has 1 N–H and O–H groups in total. The molecule has 17 heavy (non-hydrogen) atoms. The van der Waals surface area contributed by atoms with Crippen molar-refractivity contribution in [3.8, 4) is 0 Å². The Kier molecular flexibility index (Phi) is 3.56. The Labute approximate surface area is 108 Å². The maximum Gasteiger partial charge on any atom is 0.258 e. The third-order valence-corrected chi connectivity index (χ3v) is 2.61. The van der Waals surface area contributed by atoms with E-state index in [4.69, 9.17) is 23.2 Å². The van der Waals surface area contributed by atoms with E-state index in [1.807, 2.05) is 0 Å². The van der Waals surface area contributed by atoms with Crippen LogP contribution in [-0.2, 0) is 0 Å². The lowest BCUT2D eigenvalue weighted by molar-refractivity contribution is 0.102. The fraction of sp³-hybridized carbons (Fsp3) is 0. The van der Waals surface area contributed by atoms with Gasteiger partial charge in [0.25, 0.3) is 5.91 Å². The highest BCUT2D eigenvalue weighted by Gasteiger charge is 2.12. The van der Waals surface area contributed by atoms with E-state index in [1.54, 1.807) is 12.1 Å². The first-order valence-electron chi connectivity index (χ1n) is 4.70. The lowest BCUT2D eigenvalue weighted by Crippen LogP contribution is -2.13. The summed E-state index contributed by atoms with van der Waals surface area (Å²) in [5.74, 6) is -0.0787. The fourth-order valence-electron chi connectivity index (χ4n) is 1.21. The summed E-state index contributed by atoms with van der Waals surface area (Å²) in [5.41, 5.74) is 0.323. The first-order valence-corrected chi connectivity index (χ1v) is 5.45. The Morgan fingerprint density at radius 2 is 2.00 bits per heavy atom. The minimum atomic E-state index is -0.377. The van der Waals surface area contributed by atoms with Gasteiger partial charge in [-0.05, 0) is 18.2 Å². The van der Waals surface area contributed by atoms with Crippen LogP contribution in [0, 0.1) is 0 Å². The zero-order chi connectivity index (χ0) is 12.3. The van der Waals surface area contributed by atoms with Crippen LogP contribution in [0.15, 0.2) is 36.8 Å². The fourth-order valence-corrected chi connectivity index (χ4v) is 1.59. The Bertz CT molecular complexity index is 560. The number of pyridine rings is 2. The maximum absolute atomic E-state index is 11.9. The van der Waals surface area contributed by atoms with E-state index in [0.29, 0.717) is 16.4 Å². The summed E-state index contributed by atoms with van der Waals surface area (Å²) in [5, 5.41) is 3.21. The summed E-state index contributed by atoms with van der Waals surface area (Å²) in [6.07, 6.45) is 4.42. The average Bonchev–Trinajstić information content (AvgIpc) is 2.32. The largest absolute Gasteiger partial charge is 0.305 e. The highest BCUT2D eigenvalue weighted by atomic mass is 35.5. The van der Waals surface area contributed by atoms with Crippen molar-refractivity contribution in [1.82, 2.24) is 9.97 Å². The summed E-state index contributed by atoms with van der Waals surface area (Å²) in [7, 11) is 0. The van der Waals surface area contributed by atoms with Gasteiger partial charge in [0, 0.05) is 18.6 Å². The van der Waals surface area contributed by atoms with Gasteiger partial charge in [0.2, 0.25) is 0 Å². The van der Waals surface area contributed by atoms with Gasteiger partial charge < -0.3 is 5.32 Å². The molecule has 0 unspecified atom stereocenters. The van der Waals surface area contributed by atoms with E-state index < -0.39 is 0 Å². The average molecular weight is 268 g/mol. The molecular weight excluding hydrogens is 261 g/mol. The normalized spacial score (nSPS) is 10.0. The van der Waals surface area contributed by atoms with E-state index in [2.05, 4.69) is 15.3 Å². The van der Waals surface area contributed by atoms with Crippen molar-refractivity contribution >= 4 is 34.9 Å². The van der Waals surface area contributed by atoms with Crippen LogP contribution in [0.2, 0.25) is 10.0 Å². The minimum Gasteiger partial charge on any atom is -0.305 e. The van der Waals surface area contributed by atoms with Gasteiger partial charge in [-0.1, -0.05) is 23.2 Å². The SMILES string of the molecule is O=C(Nc1ncccc1Cl)c1ccncc1Cl. The Hall–Kier alpha value is -1.65. The molecule has 0 atom stereocenters. The van der Waals surface area contributed by atoms with Crippen molar-refractivity contribution in [2.75, 3.05) is 5.32 Å². The number of nitrogens with one attached hydrogen (secondary N) is 1. The zero-order valence-corrected chi connectivity index (χ0v) is 10.0. The summed E-state index contributed by atoms with van der Waals surface area (Å²) in [4.78, 5) is 19.6. The van der Waals surface area contributed by atoms with Crippen LogP contribution in [0.5, 0.6) is 0 Å². The monoisotopic (exact) mass is 267 g/mol. The molecule has 2 aromatic heterocycles. The Morgan fingerprint density at radius 3 is 2.71 bits per heavy atom. The van der Waals surface area contributed by atoms with Crippen molar-refractivity contribution in [3.05, 3.63) is 52.4 Å². The number of halogens is 2. The van der Waals surface area contributed by atoms with Crippen molar-refractivity contribution < 1.29 is 4.79 Å². The number of rotatable bonds is 2. The van der Waals surface area contributed by atoms with Crippen LogP contribution in [-0.4, -0.2) is 15.9 Å². The quantitative estimate of drug-likeness (QED) is 0.910. The first-order chi connectivity index (χ1) is 8.18. The number of amides is 1. The van der Waals surface area contributed by atoms with E-state index >= 15 is 0 Å². The van der Waals surface area contributed by atoms with Crippen molar-refractivity contribution in [3.63, 3.8) is 0 Å². The summed E-state index contributed by atoms with van der Waals surface area (Å²) in [6, 6.07) is 4.84. The number of anilines is 1. The highest BCUT2D eigenvalue weighted by Crippen LogP contribution is 2.20. The van der Waals surface area contributed by atoms with Crippen molar-refractivity contribution in [2.24, 2.45) is 0 Å². The molecule has 0 aliphatic rings. The number of hydrogen-bond donors (Lipinski definition) is 1. The van der Waals surface area contributed by atoms with Crippen molar-refractivity contribution in [1.29, 1.82) is 0 Å². The van der Waals surface area contributed by atoms with Gasteiger partial charge in [0.1, 0.15) is 0 Å². The Morgan fingerprint density at radius 1 is 1.18 bits per heavy atom. The van der Waals surface area contributed by atoms with Gasteiger partial charge in [-0.3, -0.25) is 9.78 Å². The highest BCUT2D eigenvalue weighted by molar-refractivity contribution is 6.35. The summed E-state index contributed by atoms with van der Waals surface area (Å²) >= 11 is 11.7. The van der Waals surface area contributed by atoms with Crippen LogP contribution in [0.3, 0.4) is 0 Å². The van der Waals surface area contributed by atoms with Gasteiger partial charge in [0.15, 0.2) is 5.82 Å².